The Labute approximate surface area is 126 Å². The maximum Gasteiger partial charge on any atom is 0.251 e. The van der Waals surface area contributed by atoms with Gasteiger partial charge in [0.25, 0.3) is 5.91 Å². The van der Waals surface area contributed by atoms with Gasteiger partial charge in [-0.15, -0.1) is 0 Å². The second-order valence-corrected chi connectivity index (χ2v) is 5.62. The fourth-order valence-corrected chi connectivity index (χ4v) is 2.80. The first-order chi connectivity index (χ1) is 10.7. The normalized spacial score (nSPS) is 16.0. The van der Waals surface area contributed by atoms with Crippen molar-refractivity contribution in [3.63, 3.8) is 0 Å². The zero-order valence-corrected chi connectivity index (χ0v) is 11.9. The number of nitrogens with zero attached hydrogens (tertiary/aromatic N) is 4. The Balaban J connectivity index is 1.39. The largest absolute Gasteiger partial charge is 0.366 e. The van der Waals surface area contributed by atoms with Crippen LogP contribution in [-0.2, 0) is 6.54 Å². The molecular formula is C15H16N6O. The number of carbonyl (C=O) groups excluding carboxylic acids is 1. The molecule has 7 nitrogen and oxygen atoms in total. The van der Waals surface area contributed by atoms with Crippen molar-refractivity contribution in [1.82, 2.24) is 24.6 Å². The topological polar surface area (TPSA) is 92.8 Å². The molecular weight excluding hydrogens is 280 g/mol. The third kappa shape index (κ3) is 2.25. The Hall–Kier alpha value is -2.67. The summed E-state index contributed by atoms with van der Waals surface area (Å²) < 4.78 is 1.81. The van der Waals surface area contributed by atoms with Gasteiger partial charge in [-0.25, -0.2) is 4.98 Å². The van der Waals surface area contributed by atoms with Crippen LogP contribution in [-0.4, -0.2) is 43.6 Å². The molecule has 0 atom stereocenters. The maximum atomic E-state index is 11.1. The third-order valence-corrected chi connectivity index (χ3v) is 4.01. The lowest BCUT2D eigenvalue weighted by Gasteiger charge is -2.38. The fourth-order valence-electron chi connectivity index (χ4n) is 2.80. The van der Waals surface area contributed by atoms with Gasteiger partial charge in [-0.2, -0.15) is 5.10 Å². The van der Waals surface area contributed by atoms with Crippen molar-refractivity contribution in [1.29, 1.82) is 0 Å². The summed E-state index contributed by atoms with van der Waals surface area (Å²) in [4.78, 5) is 21.3. The number of fused-ring (bicyclic) bond motifs is 1. The summed E-state index contributed by atoms with van der Waals surface area (Å²) in [5, 5.41) is 4.20. The van der Waals surface area contributed by atoms with E-state index in [4.69, 9.17) is 5.73 Å². The predicted molar refractivity (Wildman–Crippen MR) is 81.2 cm³/mol. The van der Waals surface area contributed by atoms with Crippen LogP contribution in [0.2, 0.25) is 0 Å². The van der Waals surface area contributed by atoms with Gasteiger partial charge in [-0.05, 0) is 12.1 Å². The van der Waals surface area contributed by atoms with E-state index in [-0.39, 0.29) is 6.04 Å². The van der Waals surface area contributed by atoms with Crippen LogP contribution >= 0.6 is 0 Å². The van der Waals surface area contributed by atoms with E-state index in [1.807, 2.05) is 28.9 Å². The van der Waals surface area contributed by atoms with Gasteiger partial charge in [-0.1, -0.05) is 12.1 Å². The lowest BCUT2D eigenvalue weighted by Crippen LogP contribution is -2.47. The summed E-state index contributed by atoms with van der Waals surface area (Å²) in [5.41, 5.74) is 7.75. The number of likely N-dealkylation sites (tertiary alicyclic amines) is 1. The zero-order valence-electron chi connectivity index (χ0n) is 11.9. The van der Waals surface area contributed by atoms with Crippen LogP contribution < -0.4 is 5.73 Å². The quantitative estimate of drug-likeness (QED) is 0.748. The van der Waals surface area contributed by atoms with Crippen molar-refractivity contribution >= 4 is 16.9 Å². The number of amides is 1. The molecule has 1 aromatic carbocycles. The van der Waals surface area contributed by atoms with Gasteiger partial charge >= 0.3 is 0 Å². The van der Waals surface area contributed by atoms with E-state index in [0.29, 0.717) is 5.56 Å². The van der Waals surface area contributed by atoms with Gasteiger partial charge in [-0.3, -0.25) is 14.4 Å². The molecule has 0 spiro atoms. The number of para-hydroxylation sites is 2. The van der Waals surface area contributed by atoms with Gasteiger partial charge in [0.2, 0.25) is 0 Å². The second-order valence-electron chi connectivity index (χ2n) is 5.62. The molecule has 1 saturated heterocycles. The summed E-state index contributed by atoms with van der Waals surface area (Å²) in [7, 11) is 0. The SMILES string of the molecule is NC(=O)c1cnn(C2CN(Cc3nc4ccccc4[nH]3)C2)c1. The van der Waals surface area contributed by atoms with Crippen molar-refractivity contribution in [3.05, 3.63) is 48.0 Å². The summed E-state index contributed by atoms with van der Waals surface area (Å²) >= 11 is 0. The van der Waals surface area contributed by atoms with Crippen molar-refractivity contribution in [2.75, 3.05) is 13.1 Å². The number of hydrogen-bond acceptors (Lipinski definition) is 4. The Morgan fingerprint density at radius 1 is 1.36 bits per heavy atom. The number of nitrogens with one attached hydrogen (secondary N) is 1. The Morgan fingerprint density at radius 3 is 2.91 bits per heavy atom. The number of benzene rings is 1. The molecule has 22 heavy (non-hydrogen) atoms. The van der Waals surface area contributed by atoms with Crippen LogP contribution in [0.5, 0.6) is 0 Å². The molecule has 2 aromatic heterocycles. The molecule has 4 rings (SSSR count). The predicted octanol–water partition coefficient (Wildman–Crippen LogP) is 0.915. The smallest absolute Gasteiger partial charge is 0.251 e. The average Bonchev–Trinajstić information content (AvgIpc) is 3.08. The summed E-state index contributed by atoms with van der Waals surface area (Å²) in [6, 6.07) is 8.31. The summed E-state index contributed by atoms with van der Waals surface area (Å²) in [6.07, 6.45) is 3.23. The molecule has 1 aliphatic rings. The van der Waals surface area contributed by atoms with E-state index in [9.17, 15) is 4.79 Å². The minimum Gasteiger partial charge on any atom is -0.366 e. The minimum absolute atomic E-state index is 0.289. The van der Waals surface area contributed by atoms with Crippen molar-refractivity contribution < 1.29 is 4.79 Å². The molecule has 7 heteroatoms. The first-order valence-electron chi connectivity index (χ1n) is 7.19. The van der Waals surface area contributed by atoms with E-state index in [2.05, 4.69) is 20.0 Å². The lowest BCUT2D eigenvalue weighted by atomic mass is 10.1. The Morgan fingerprint density at radius 2 is 2.18 bits per heavy atom. The van der Waals surface area contributed by atoms with E-state index >= 15 is 0 Å². The standard InChI is InChI=1S/C15H16N6O/c16-15(22)10-5-17-21(6-10)11-7-20(8-11)9-14-18-12-3-1-2-4-13(12)19-14/h1-6,11H,7-9H2,(H2,16,22)(H,18,19). The van der Waals surface area contributed by atoms with E-state index in [0.717, 1.165) is 36.5 Å². The number of aromatic nitrogens is 4. The van der Waals surface area contributed by atoms with E-state index in [1.54, 1.807) is 6.20 Å². The van der Waals surface area contributed by atoms with Crippen molar-refractivity contribution in [2.24, 2.45) is 5.73 Å². The number of hydrogen-bond donors (Lipinski definition) is 2. The molecule has 1 fully saturated rings. The molecule has 3 N–H and O–H groups in total. The van der Waals surface area contributed by atoms with Crippen molar-refractivity contribution in [2.45, 2.75) is 12.6 Å². The Kier molecular flexibility index (Phi) is 2.93. The number of nitrogens with two attached hydrogens (primary N) is 1. The van der Waals surface area contributed by atoms with Gasteiger partial charge in [0, 0.05) is 19.3 Å². The fraction of sp³-hybridized carbons (Fsp3) is 0.267. The number of imidazole rings is 1. The number of aromatic amines is 1. The van der Waals surface area contributed by atoms with E-state index < -0.39 is 5.91 Å². The Bertz CT molecular complexity index is 796. The number of carbonyl (C=O) groups is 1. The molecule has 3 heterocycles. The first kappa shape index (κ1) is 13.0. The average molecular weight is 296 g/mol. The van der Waals surface area contributed by atoms with Crippen LogP contribution in [0, 0.1) is 0 Å². The van der Waals surface area contributed by atoms with Gasteiger partial charge in [0.1, 0.15) is 5.82 Å². The highest BCUT2D eigenvalue weighted by atomic mass is 16.1. The number of rotatable bonds is 4. The van der Waals surface area contributed by atoms with Crippen LogP contribution in [0.25, 0.3) is 11.0 Å². The van der Waals surface area contributed by atoms with Crippen LogP contribution in [0.15, 0.2) is 36.7 Å². The molecule has 112 valence electrons. The zero-order chi connectivity index (χ0) is 15.1. The first-order valence-corrected chi connectivity index (χ1v) is 7.19. The monoisotopic (exact) mass is 296 g/mol. The highest BCUT2D eigenvalue weighted by Gasteiger charge is 2.29. The van der Waals surface area contributed by atoms with Gasteiger partial charge < -0.3 is 10.7 Å². The number of H-pyrrole nitrogens is 1. The molecule has 0 saturated carbocycles. The third-order valence-electron chi connectivity index (χ3n) is 4.01. The minimum atomic E-state index is -0.440. The summed E-state index contributed by atoms with van der Waals surface area (Å²) in [5.74, 6) is 0.530. The second kappa shape index (κ2) is 4.96. The molecule has 0 aliphatic carbocycles. The molecule has 1 aliphatic heterocycles. The van der Waals surface area contributed by atoms with Crippen LogP contribution in [0.1, 0.15) is 22.2 Å². The van der Waals surface area contributed by atoms with E-state index in [1.165, 1.54) is 6.20 Å². The molecule has 3 aromatic rings. The van der Waals surface area contributed by atoms with Gasteiger partial charge in [0.05, 0.1) is 35.4 Å². The highest BCUT2D eigenvalue weighted by molar-refractivity contribution is 5.92. The molecule has 0 radical (unpaired) electrons. The molecule has 0 unspecified atom stereocenters. The molecule has 1 amide bonds. The van der Waals surface area contributed by atoms with Crippen LogP contribution in [0.4, 0.5) is 0 Å². The van der Waals surface area contributed by atoms with Crippen molar-refractivity contribution in [3.8, 4) is 0 Å². The number of primary amides is 1. The van der Waals surface area contributed by atoms with Gasteiger partial charge in [0.15, 0.2) is 0 Å². The lowest BCUT2D eigenvalue weighted by molar-refractivity contribution is 0.0882. The molecule has 0 bridgehead atoms. The highest BCUT2D eigenvalue weighted by Crippen LogP contribution is 2.23. The summed E-state index contributed by atoms with van der Waals surface area (Å²) in [6.45, 7) is 2.56. The van der Waals surface area contributed by atoms with Crippen LogP contribution in [0.3, 0.4) is 0 Å². The maximum absolute atomic E-state index is 11.1.